The first kappa shape index (κ1) is 75.8. The van der Waals surface area contributed by atoms with Gasteiger partial charge in [-0.3, -0.25) is 14.4 Å². The molecular formula is C73H130O6. The summed E-state index contributed by atoms with van der Waals surface area (Å²) in [5.74, 6) is -0.881. The molecule has 0 aliphatic heterocycles. The molecule has 6 heteroatoms. The third-order valence-electron chi connectivity index (χ3n) is 15.2. The van der Waals surface area contributed by atoms with E-state index >= 15 is 0 Å². The average Bonchev–Trinajstić information content (AvgIpc) is 3.45. The number of unbranched alkanes of at least 4 members (excludes halogenated alkanes) is 40. The molecule has 1 atom stereocenters. The molecule has 0 aliphatic carbocycles. The molecule has 0 saturated heterocycles. The summed E-state index contributed by atoms with van der Waals surface area (Å²) in [6, 6.07) is 0. The number of carbonyl (C=O) groups excluding carboxylic acids is 3. The van der Waals surface area contributed by atoms with Crippen LogP contribution in [0.5, 0.6) is 0 Å². The van der Waals surface area contributed by atoms with Crippen molar-refractivity contribution in [3.8, 4) is 0 Å². The molecular weight excluding hydrogens is 973 g/mol. The molecule has 6 nitrogen and oxygen atoms in total. The third kappa shape index (κ3) is 65.5. The van der Waals surface area contributed by atoms with E-state index in [1.165, 1.54) is 231 Å². The lowest BCUT2D eigenvalue weighted by atomic mass is 10.1. The van der Waals surface area contributed by atoms with Crippen LogP contribution in [0.1, 0.15) is 355 Å². The molecule has 458 valence electrons. The van der Waals surface area contributed by atoms with Crippen molar-refractivity contribution in [1.29, 1.82) is 0 Å². The highest BCUT2D eigenvalue weighted by Crippen LogP contribution is 2.17. The van der Waals surface area contributed by atoms with E-state index in [1.54, 1.807) is 0 Å². The second kappa shape index (κ2) is 67.4. The van der Waals surface area contributed by atoms with E-state index in [2.05, 4.69) is 93.7 Å². The first-order valence-electron chi connectivity index (χ1n) is 34.4. The summed E-state index contributed by atoms with van der Waals surface area (Å²) in [6.07, 6.45) is 87.6. The van der Waals surface area contributed by atoms with Crippen LogP contribution in [0.25, 0.3) is 0 Å². The van der Waals surface area contributed by atoms with Crippen molar-refractivity contribution >= 4 is 17.9 Å². The van der Waals surface area contributed by atoms with Gasteiger partial charge in [0.2, 0.25) is 0 Å². The quantitative estimate of drug-likeness (QED) is 0.0261. The fourth-order valence-corrected chi connectivity index (χ4v) is 9.95. The maximum Gasteiger partial charge on any atom is 0.306 e. The maximum atomic E-state index is 13.0. The molecule has 0 heterocycles. The Bertz CT molecular complexity index is 1450. The van der Waals surface area contributed by atoms with Gasteiger partial charge >= 0.3 is 17.9 Å². The van der Waals surface area contributed by atoms with Crippen LogP contribution < -0.4 is 0 Å². The summed E-state index contributed by atoms with van der Waals surface area (Å²) in [7, 11) is 0. The van der Waals surface area contributed by atoms with Crippen molar-refractivity contribution in [1.82, 2.24) is 0 Å². The molecule has 0 aliphatic rings. The summed E-state index contributed by atoms with van der Waals surface area (Å²) in [5.41, 5.74) is 0. The average molecular weight is 1100 g/mol. The minimum atomic E-state index is -0.786. The van der Waals surface area contributed by atoms with Gasteiger partial charge in [0.1, 0.15) is 13.2 Å². The van der Waals surface area contributed by atoms with Crippen LogP contribution in [0, 0.1) is 0 Å². The lowest BCUT2D eigenvalue weighted by molar-refractivity contribution is -0.167. The minimum absolute atomic E-state index is 0.0811. The molecule has 1 unspecified atom stereocenters. The fourth-order valence-electron chi connectivity index (χ4n) is 9.95. The highest BCUT2D eigenvalue weighted by Gasteiger charge is 2.19. The second-order valence-electron chi connectivity index (χ2n) is 23.1. The highest BCUT2D eigenvalue weighted by molar-refractivity contribution is 5.71. The van der Waals surface area contributed by atoms with Crippen molar-refractivity contribution in [2.24, 2.45) is 0 Å². The van der Waals surface area contributed by atoms with Gasteiger partial charge in [-0.15, -0.1) is 0 Å². The van der Waals surface area contributed by atoms with E-state index < -0.39 is 6.10 Å². The lowest BCUT2D eigenvalue weighted by Gasteiger charge is -2.18. The zero-order valence-corrected chi connectivity index (χ0v) is 52.6. The van der Waals surface area contributed by atoms with Crippen molar-refractivity contribution in [3.63, 3.8) is 0 Å². The summed E-state index contributed by atoms with van der Waals surface area (Å²) in [6.45, 7) is 6.64. The largest absolute Gasteiger partial charge is 0.462 e. The van der Waals surface area contributed by atoms with Gasteiger partial charge in [0.15, 0.2) is 6.10 Å². The van der Waals surface area contributed by atoms with Gasteiger partial charge in [0.05, 0.1) is 0 Å². The molecule has 0 radical (unpaired) electrons. The monoisotopic (exact) mass is 1100 g/mol. The summed E-state index contributed by atoms with van der Waals surface area (Å²) in [4.78, 5) is 38.5. The van der Waals surface area contributed by atoms with Crippen LogP contribution >= 0.6 is 0 Å². The Balaban J connectivity index is 4.40. The van der Waals surface area contributed by atoms with E-state index in [1.807, 2.05) is 0 Å². The standard InChI is InChI=1S/C73H130O6/c1-4-7-10-13-16-19-22-25-28-31-34-36-39-42-45-48-51-54-57-60-63-66-72(75)78-69-70(68-77-71(74)65-62-59-56-53-50-47-44-41-38-33-30-27-24-21-18-15-12-9-6-3)79-73(76)67-64-61-58-55-52-49-46-43-40-37-35-32-29-26-23-20-17-14-11-8-5-2/h18,21-22,25,27,30-32,34-35,39,42,70H,4-17,19-20,23-24,26,28-29,33,36-38,40-41,43-69H2,1-3H3/b21-18-,25-22-,30-27-,34-31-,35-32-,42-39-. The van der Waals surface area contributed by atoms with Crippen LogP contribution in [0.3, 0.4) is 0 Å². The number of ether oxygens (including phenoxy) is 3. The second-order valence-corrected chi connectivity index (χ2v) is 23.1. The van der Waals surface area contributed by atoms with Crippen molar-refractivity contribution in [3.05, 3.63) is 72.9 Å². The Morgan fingerprint density at radius 2 is 0.456 bits per heavy atom. The molecule has 0 bridgehead atoms. The normalized spacial score (nSPS) is 12.5. The molecule has 0 amide bonds. The number of allylic oxidation sites excluding steroid dienone is 12. The molecule has 0 saturated carbocycles. The van der Waals surface area contributed by atoms with E-state index in [0.29, 0.717) is 19.3 Å². The van der Waals surface area contributed by atoms with Gasteiger partial charge in [-0.2, -0.15) is 0 Å². The fraction of sp³-hybridized carbons (Fsp3) is 0.795. The summed E-state index contributed by atoms with van der Waals surface area (Å²) < 4.78 is 17.0. The van der Waals surface area contributed by atoms with Gasteiger partial charge in [-0.1, -0.05) is 293 Å². The third-order valence-corrected chi connectivity index (χ3v) is 15.2. The number of hydrogen-bond donors (Lipinski definition) is 0. The zero-order valence-electron chi connectivity index (χ0n) is 52.6. The van der Waals surface area contributed by atoms with Gasteiger partial charge < -0.3 is 14.2 Å². The molecule has 0 fully saturated rings. The topological polar surface area (TPSA) is 78.9 Å². The van der Waals surface area contributed by atoms with Crippen LogP contribution in [0.4, 0.5) is 0 Å². The van der Waals surface area contributed by atoms with Crippen LogP contribution in [-0.4, -0.2) is 37.2 Å². The van der Waals surface area contributed by atoms with E-state index in [0.717, 1.165) is 83.5 Å². The van der Waals surface area contributed by atoms with Crippen LogP contribution in [0.2, 0.25) is 0 Å². The maximum absolute atomic E-state index is 13.0. The first-order chi connectivity index (χ1) is 39.0. The van der Waals surface area contributed by atoms with Crippen LogP contribution in [-0.2, 0) is 28.6 Å². The molecule has 0 spiro atoms. The van der Waals surface area contributed by atoms with E-state index in [4.69, 9.17) is 14.2 Å². The molecule has 0 rings (SSSR count). The Morgan fingerprint density at radius 3 is 0.747 bits per heavy atom. The van der Waals surface area contributed by atoms with Crippen LogP contribution in [0.15, 0.2) is 72.9 Å². The Kier molecular flexibility index (Phi) is 64.7. The van der Waals surface area contributed by atoms with Gasteiger partial charge in [-0.05, 0) is 116 Å². The van der Waals surface area contributed by atoms with Crippen molar-refractivity contribution in [2.45, 2.75) is 361 Å². The summed E-state index contributed by atoms with van der Waals surface area (Å²) >= 11 is 0. The smallest absolute Gasteiger partial charge is 0.306 e. The Labute approximate surface area is 491 Å². The Morgan fingerprint density at radius 1 is 0.253 bits per heavy atom. The van der Waals surface area contributed by atoms with Crippen molar-refractivity contribution < 1.29 is 28.6 Å². The van der Waals surface area contributed by atoms with E-state index in [-0.39, 0.29) is 31.1 Å². The minimum Gasteiger partial charge on any atom is -0.462 e. The SMILES string of the molecule is CCCCC/C=C\C/C=C\CCCCCCCCCCCC(=O)OCC(COC(=O)CCCCCCCC/C=C\C/C=C\C/C=C\CCCCCCC)OC(=O)CCCCCCCCCCC/C=C\CCCCCCCCCC. The zero-order chi connectivity index (χ0) is 57.1. The molecule has 0 aromatic heterocycles. The molecule has 0 aromatic carbocycles. The predicted octanol–water partition coefficient (Wildman–Crippen LogP) is 23.7. The number of rotatable bonds is 63. The Hall–Kier alpha value is -3.15. The molecule has 79 heavy (non-hydrogen) atoms. The first-order valence-corrected chi connectivity index (χ1v) is 34.4. The number of esters is 3. The highest BCUT2D eigenvalue weighted by atomic mass is 16.6. The van der Waals surface area contributed by atoms with Gasteiger partial charge in [0, 0.05) is 19.3 Å². The predicted molar refractivity (Wildman–Crippen MR) is 344 cm³/mol. The van der Waals surface area contributed by atoms with E-state index in [9.17, 15) is 14.4 Å². The number of carbonyl (C=O) groups is 3. The lowest BCUT2D eigenvalue weighted by Crippen LogP contribution is -2.30. The van der Waals surface area contributed by atoms with Gasteiger partial charge in [0.25, 0.3) is 0 Å². The van der Waals surface area contributed by atoms with Crippen molar-refractivity contribution in [2.75, 3.05) is 13.2 Å². The van der Waals surface area contributed by atoms with Gasteiger partial charge in [-0.25, -0.2) is 0 Å². The molecule has 0 N–H and O–H groups in total. The molecule has 0 aromatic rings. The summed E-state index contributed by atoms with van der Waals surface area (Å²) in [5, 5.41) is 0. The number of hydrogen-bond acceptors (Lipinski definition) is 6.